The van der Waals surface area contributed by atoms with Gasteiger partial charge in [0.25, 0.3) is 15.9 Å². The van der Waals surface area contributed by atoms with E-state index < -0.39 is 21.7 Å². The van der Waals surface area contributed by atoms with Gasteiger partial charge in [0.15, 0.2) is 5.03 Å². The van der Waals surface area contributed by atoms with Crippen LogP contribution in [-0.4, -0.2) is 51.2 Å². The fraction of sp³-hybridized carbons (Fsp3) is 0.346. The second kappa shape index (κ2) is 12.6. The lowest BCUT2D eigenvalue weighted by Gasteiger charge is -2.14. The van der Waals surface area contributed by atoms with Gasteiger partial charge in [-0.3, -0.25) is 4.79 Å². The number of halogens is 1. The van der Waals surface area contributed by atoms with Crippen molar-refractivity contribution in [1.82, 2.24) is 14.7 Å². The number of aryl methyl sites for hydroxylation is 1. The molecule has 2 heterocycles. The lowest BCUT2D eigenvalue weighted by atomic mass is 10.1. The van der Waals surface area contributed by atoms with Crippen LogP contribution in [0.25, 0.3) is 11.3 Å². The van der Waals surface area contributed by atoms with E-state index in [9.17, 15) is 17.6 Å². The Bertz CT molecular complexity index is 1350. The minimum atomic E-state index is -4.24. The summed E-state index contributed by atoms with van der Waals surface area (Å²) in [5.41, 5.74) is 1.10. The zero-order chi connectivity index (χ0) is 27.0. The Balaban J connectivity index is 1.93. The highest BCUT2D eigenvalue weighted by atomic mass is 32.2. The largest absolute Gasteiger partial charge is 0.493 e. The van der Waals surface area contributed by atoms with Crippen LogP contribution in [0.5, 0.6) is 11.6 Å². The van der Waals surface area contributed by atoms with E-state index >= 15 is 0 Å². The molecule has 9 nitrogen and oxygen atoms in total. The molecule has 11 heteroatoms. The normalized spacial score (nSPS) is 11.4. The molecule has 0 unspecified atom stereocenters. The molecule has 3 aromatic rings. The fourth-order valence-corrected chi connectivity index (χ4v) is 4.19. The molecule has 1 aromatic carbocycles. The molecule has 0 spiro atoms. The third-order valence-corrected chi connectivity index (χ3v) is 6.18. The smallest absolute Gasteiger partial charge is 0.281 e. The summed E-state index contributed by atoms with van der Waals surface area (Å²) >= 11 is 0. The number of nitrogens with one attached hydrogen (secondary N) is 1. The minimum Gasteiger partial charge on any atom is -0.493 e. The highest BCUT2D eigenvalue weighted by Gasteiger charge is 2.24. The number of ether oxygens (including phenoxy) is 3. The molecule has 0 fully saturated rings. The van der Waals surface area contributed by atoms with Gasteiger partial charge < -0.3 is 14.2 Å². The van der Waals surface area contributed by atoms with Gasteiger partial charge in [0.1, 0.15) is 17.1 Å². The Hall–Kier alpha value is -3.57. The Labute approximate surface area is 216 Å². The van der Waals surface area contributed by atoms with Crippen LogP contribution in [0.3, 0.4) is 0 Å². The van der Waals surface area contributed by atoms with Crippen molar-refractivity contribution in [2.45, 2.75) is 32.2 Å². The third-order valence-electron chi connectivity index (χ3n) is 4.95. The number of nitrogens with zero attached hydrogens (tertiary/aromatic N) is 2. The van der Waals surface area contributed by atoms with Gasteiger partial charge in [0, 0.05) is 37.5 Å². The van der Waals surface area contributed by atoms with Crippen molar-refractivity contribution in [1.29, 1.82) is 0 Å². The number of benzene rings is 1. The first kappa shape index (κ1) is 28.0. The number of methoxy groups -OCH3 is 1. The molecule has 198 valence electrons. The third kappa shape index (κ3) is 7.96. The van der Waals surface area contributed by atoms with E-state index in [1.54, 1.807) is 26.2 Å². The summed E-state index contributed by atoms with van der Waals surface area (Å²) in [5.74, 6) is -0.969. The van der Waals surface area contributed by atoms with Gasteiger partial charge in [0.2, 0.25) is 5.88 Å². The predicted octanol–water partition coefficient (Wildman–Crippen LogP) is 4.16. The maximum absolute atomic E-state index is 14.3. The predicted molar refractivity (Wildman–Crippen MR) is 136 cm³/mol. The molecule has 1 N–H and O–H groups in total. The van der Waals surface area contributed by atoms with Crippen molar-refractivity contribution in [2.24, 2.45) is 5.92 Å². The van der Waals surface area contributed by atoms with E-state index in [0.29, 0.717) is 42.3 Å². The number of aromatic nitrogens is 2. The van der Waals surface area contributed by atoms with E-state index in [0.717, 1.165) is 0 Å². The summed E-state index contributed by atoms with van der Waals surface area (Å²) < 4.78 is 58.2. The number of carbonyl (C=O) groups excluding carboxylic acids is 1. The molecule has 0 radical (unpaired) electrons. The van der Waals surface area contributed by atoms with E-state index in [4.69, 9.17) is 14.2 Å². The first-order chi connectivity index (χ1) is 17.6. The lowest BCUT2D eigenvalue weighted by Crippen LogP contribution is -2.31. The number of amides is 1. The maximum Gasteiger partial charge on any atom is 0.281 e. The van der Waals surface area contributed by atoms with Crippen LogP contribution < -0.4 is 14.2 Å². The van der Waals surface area contributed by atoms with Crippen LogP contribution in [-0.2, 0) is 14.8 Å². The van der Waals surface area contributed by atoms with Gasteiger partial charge in [0.05, 0.1) is 18.9 Å². The van der Waals surface area contributed by atoms with Crippen molar-refractivity contribution in [3.8, 4) is 22.9 Å². The highest BCUT2D eigenvalue weighted by molar-refractivity contribution is 7.90. The average Bonchev–Trinajstić information content (AvgIpc) is 2.84. The van der Waals surface area contributed by atoms with Gasteiger partial charge in [-0.15, -0.1) is 0 Å². The van der Waals surface area contributed by atoms with Gasteiger partial charge >= 0.3 is 0 Å². The molecule has 1 amide bonds. The molecule has 0 bridgehead atoms. The summed E-state index contributed by atoms with van der Waals surface area (Å²) in [6, 6.07) is 11.5. The molecule has 0 saturated carbocycles. The number of hydrogen-bond acceptors (Lipinski definition) is 8. The zero-order valence-electron chi connectivity index (χ0n) is 21.2. The number of pyridine rings is 2. The van der Waals surface area contributed by atoms with Crippen molar-refractivity contribution < 1.29 is 31.8 Å². The number of rotatable bonds is 12. The van der Waals surface area contributed by atoms with E-state index in [2.05, 4.69) is 9.97 Å². The van der Waals surface area contributed by atoms with Crippen LogP contribution in [0, 0.1) is 18.7 Å². The number of carbonyl (C=O) groups is 1. The minimum absolute atomic E-state index is 0.104. The summed E-state index contributed by atoms with van der Waals surface area (Å²) in [7, 11) is -2.70. The Morgan fingerprint density at radius 1 is 1.05 bits per heavy atom. The molecule has 3 rings (SSSR count). The van der Waals surface area contributed by atoms with Crippen LogP contribution in [0.1, 0.15) is 36.3 Å². The second-order valence-corrected chi connectivity index (χ2v) is 10.3. The Kier molecular flexibility index (Phi) is 9.54. The van der Waals surface area contributed by atoms with Crippen LogP contribution in [0.15, 0.2) is 53.6 Å². The standard InChI is InChI=1S/C26H30FN3O6S/c1-17(2)16-36-21-14-19(13-20(27)15-21)23-10-9-22(26(29-23)35-12-6-11-34-4)25(31)30-37(32,33)24-8-5-7-18(3)28-24/h5,7-10,13-15,17H,6,11-12,16H2,1-4H3,(H,30,31). The van der Waals surface area contributed by atoms with Crippen molar-refractivity contribution >= 4 is 15.9 Å². The second-order valence-electron chi connectivity index (χ2n) is 8.68. The summed E-state index contributed by atoms with van der Waals surface area (Å²) in [6.45, 7) is 6.58. The van der Waals surface area contributed by atoms with Crippen molar-refractivity contribution in [3.63, 3.8) is 0 Å². The summed E-state index contributed by atoms with van der Waals surface area (Å²) in [6.07, 6.45) is 0.502. The number of hydrogen-bond donors (Lipinski definition) is 1. The molecule has 0 aliphatic heterocycles. The van der Waals surface area contributed by atoms with Gasteiger partial charge in [-0.25, -0.2) is 19.1 Å². The van der Waals surface area contributed by atoms with E-state index in [1.807, 2.05) is 18.6 Å². The quantitative estimate of drug-likeness (QED) is 0.346. The van der Waals surface area contributed by atoms with E-state index in [1.165, 1.54) is 36.4 Å². The molecule has 0 atom stereocenters. The van der Waals surface area contributed by atoms with E-state index in [-0.39, 0.29) is 29.0 Å². The van der Waals surface area contributed by atoms with Gasteiger partial charge in [-0.2, -0.15) is 8.42 Å². The lowest BCUT2D eigenvalue weighted by molar-refractivity contribution is 0.0975. The summed E-state index contributed by atoms with van der Waals surface area (Å²) in [4.78, 5) is 21.4. The molecule has 37 heavy (non-hydrogen) atoms. The number of sulfonamides is 1. The highest BCUT2D eigenvalue weighted by Crippen LogP contribution is 2.28. The van der Waals surface area contributed by atoms with Crippen molar-refractivity contribution in [3.05, 3.63) is 65.6 Å². The molecule has 2 aromatic heterocycles. The molecule has 0 aliphatic carbocycles. The van der Waals surface area contributed by atoms with Crippen LogP contribution in [0.4, 0.5) is 4.39 Å². The topological polar surface area (TPSA) is 117 Å². The Morgan fingerprint density at radius 2 is 1.84 bits per heavy atom. The summed E-state index contributed by atoms with van der Waals surface area (Å²) in [5, 5.41) is -0.290. The maximum atomic E-state index is 14.3. The van der Waals surface area contributed by atoms with Gasteiger partial charge in [-0.1, -0.05) is 19.9 Å². The molecular weight excluding hydrogens is 501 g/mol. The zero-order valence-corrected chi connectivity index (χ0v) is 22.0. The van der Waals surface area contributed by atoms with Crippen LogP contribution in [0.2, 0.25) is 0 Å². The Morgan fingerprint density at radius 3 is 2.54 bits per heavy atom. The molecular formula is C26H30FN3O6S. The molecule has 0 saturated heterocycles. The fourth-order valence-electron chi connectivity index (χ4n) is 3.21. The van der Waals surface area contributed by atoms with Crippen molar-refractivity contribution in [2.75, 3.05) is 26.9 Å². The van der Waals surface area contributed by atoms with Gasteiger partial charge in [-0.05, 0) is 49.2 Å². The first-order valence-corrected chi connectivity index (χ1v) is 13.1. The SMILES string of the molecule is COCCCOc1nc(-c2cc(F)cc(OCC(C)C)c2)ccc1C(=O)NS(=O)(=O)c1cccc(C)n1. The first-order valence-electron chi connectivity index (χ1n) is 11.7. The average molecular weight is 532 g/mol. The monoisotopic (exact) mass is 531 g/mol. The van der Waals surface area contributed by atoms with Crippen LogP contribution >= 0.6 is 0 Å². The molecule has 0 aliphatic rings.